The molecule has 212 valence electrons. The molecule has 0 unspecified atom stereocenters. The van der Waals surface area contributed by atoms with Crippen molar-refractivity contribution in [3.05, 3.63) is 64.9 Å². The summed E-state index contributed by atoms with van der Waals surface area (Å²) in [5.41, 5.74) is 1.47. The number of nitrogens with zero attached hydrogens (tertiary/aromatic N) is 3. The van der Waals surface area contributed by atoms with Crippen molar-refractivity contribution in [3.63, 3.8) is 0 Å². The number of hydrogen-bond acceptors (Lipinski definition) is 8. The highest BCUT2D eigenvalue weighted by atomic mass is 19.4. The summed E-state index contributed by atoms with van der Waals surface area (Å²) in [5.74, 6) is -2.09. The van der Waals surface area contributed by atoms with Gasteiger partial charge in [-0.1, -0.05) is 19.9 Å². The Balaban J connectivity index is 1.46. The minimum absolute atomic E-state index is 0.0326. The smallest absolute Gasteiger partial charge is 0.384 e. The Hall–Kier alpha value is -3.84. The molecule has 1 saturated carbocycles. The number of pyridine rings is 1. The lowest BCUT2D eigenvalue weighted by Crippen LogP contribution is -2.38. The predicted octanol–water partition coefficient (Wildman–Crippen LogP) is 4.54. The molecule has 5 rings (SSSR count). The molecule has 1 aliphatic heterocycles. The van der Waals surface area contributed by atoms with Crippen molar-refractivity contribution in [2.75, 3.05) is 23.7 Å². The topological polar surface area (TPSA) is 124 Å². The quantitative estimate of drug-likeness (QED) is 0.267. The second kappa shape index (κ2) is 10.3. The van der Waals surface area contributed by atoms with E-state index < -0.39 is 30.0 Å². The molecule has 0 saturated heterocycles. The van der Waals surface area contributed by atoms with Gasteiger partial charge in [-0.15, -0.1) is 0 Å². The molecule has 1 amide bonds. The normalized spacial score (nSPS) is 17.4. The lowest BCUT2D eigenvalue weighted by atomic mass is 9.77. The molecule has 40 heavy (non-hydrogen) atoms. The van der Waals surface area contributed by atoms with Crippen LogP contribution < -0.4 is 21.3 Å². The van der Waals surface area contributed by atoms with Crippen LogP contribution >= 0.6 is 0 Å². The Kier molecular flexibility index (Phi) is 7.13. The molecule has 9 nitrogen and oxygen atoms in total. The zero-order valence-corrected chi connectivity index (χ0v) is 21.9. The third-order valence-electron chi connectivity index (χ3n) is 7.22. The number of benzene rings is 1. The monoisotopic (exact) mass is 559 g/mol. The molecule has 3 heterocycles. The second-order valence-corrected chi connectivity index (χ2v) is 10.8. The van der Waals surface area contributed by atoms with Crippen molar-refractivity contribution < 1.29 is 27.5 Å². The Bertz CT molecular complexity index is 1440. The van der Waals surface area contributed by atoms with Crippen molar-refractivity contribution in [2.45, 2.75) is 56.8 Å². The number of halogens is 4. The molecule has 3 aromatic rings. The van der Waals surface area contributed by atoms with Crippen LogP contribution in [0.5, 0.6) is 0 Å². The minimum Gasteiger partial charge on any atom is -0.384 e. The van der Waals surface area contributed by atoms with Crippen molar-refractivity contribution in [3.8, 4) is 0 Å². The zero-order chi connectivity index (χ0) is 28.7. The lowest BCUT2D eigenvalue weighted by Gasteiger charge is -2.36. The number of amides is 1. The SMILES string of the molecule is CC1(C)CNCc2cc(Nc3ncc(C(=O)NCC(F)(F)F)c(Nc4cc(C5(O)CCC5)ncc4F)n3)ccc21. The van der Waals surface area contributed by atoms with Gasteiger partial charge in [0.1, 0.15) is 23.5 Å². The van der Waals surface area contributed by atoms with Crippen LogP contribution in [0.2, 0.25) is 0 Å². The van der Waals surface area contributed by atoms with Crippen LogP contribution in [0.25, 0.3) is 0 Å². The van der Waals surface area contributed by atoms with Crippen LogP contribution in [-0.2, 0) is 17.6 Å². The second-order valence-electron chi connectivity index (χ2n) is 10.8. The van der Waals surface area contributed by atoms with Gasteiger partial charge in [-0.3, -0.25) is 9.78 Å². The summed E-state index contributed by atoms with van der Waals surface area (Å²) in [6.07, 6.45) is -0.923. The molecule has 0 atom stereocenters. The Morgan fingerprint density at radius 2 is 1.90 bits per heavy atom. The van der Waals surface area contributed by atoms with Gasteiger partial charge in [-0.25, -0.2) is 9.37 Å². The molecule has 2 aliphatic rings. The fourth-order valence-electron chi connectivity index (χ4n) is 4.88. The van der Waals surface area contributed by atoms with E-state index in [-0.39, 0.29) is 34.1 Å². The maximum atomic E-state index is 14.8. The van der Waals surface area contributed by atoms with Crippen LogP contribution in [0.4, 0.5) is 40.7 Å². The average molecular weight is 560 g/mol. The van der Waals surface area contributed by atoms with Crippen molar-refractivity contribution in [1.29, 1.82) is 0 Å². The van der Waals surface area contributed by atoms with E-state index in [1.54, 1.807) is 5.32 Å². The molecule has 13 heteroatoms. The zero-order valence-electron chi connectivity index (χ0n) is 21.9. The molecule has 0 radical (unpaired) electrons. The van der Waals surface area contributed by atoms with Crippen molar-refractivity contribution in [1.82, 2.24) is 25.6 Å². The van der Waals surface area contributed by atoms with Gasteiger partial charge >= 0.3 is 6.18 Å². The highest BCUT2D eigenvalue weighted by Gasteiger charge is 2.38. The Labute approximate surface area is 227 Å². The first-order valence-electron chi connectivity index (χ1n) is 12.8. The number of rotatable bonds is 7. The van der Waals surface area contributed by atoms with Crippen molar-refractivity contribution in [2.24, 2.45) is 0 Å². The van der Waals surface area contributed by atoms with Gasteiger partial charge in [0.05, 0.1) is 17.6 Å². The summed E-state index contributed by atoms with van der Waals surface area (Å²) in [6, 6.07) is 7.12. The van der Waals surface area contributed by atoms with Crippen LogP contribution in [0.1, 0.15) is 60.3 Å². The number of anilines is 4. The number of aliphatic hydroxyl groups is 1. The molecular formula is C27H29F4N7O2. The summed E-state index contributed by atoms with van der Waals surface area (Å²) < 4.78 is 53.0. The summed E-state index contributed by atoms with van der Waals surface area (Å²) in [5, 5.41) is 21.6. The van der Waals surface area contributed by atoms with Gasteiger partial charge in [0.15, 0.2) is 5.82 Å². The average Bonchev–Trinajstić information content (AvgIpc) is 2.86. The van der Waals surface area contributed by atoms with E-state index in [2.05, 4.69) is 44.7 Å². The predicted molar refractivity (Wildman–Crippen MR) is 140 cm³/mol. The van der Waals surface area contributed by atoms with E-state index in [4.69, 9.17) is 0 Å². The third kappa shape index (κ3) is 5.85. The van der Waals surface area contributed by atoms with Crippen molar-refractivity contribution >= 4 is 29.0 Å². The number of fused-ring (bicyclic) bond motifs is 1. The molecule has 1 aliphatic carbocycles. The van der Waals surface area contributed by atoms with Crippen LogP contribution in [0.15, 0.2) is 36.7 Å². The first-order chi connectivity index (χ1) is 18.8. The third-order valence-corrected chi connectivity index (χ3v) is 7.22. The molecule has 0 spiro atoms. The molecule has 2 aromatic heterocycles. The van der Waals surface area contributed by atoms with Gasteiger partial charge in [0.2, 0.25) is 5.95 Å². The first-order valence-corrected chi connectivity index (χ1v) is 12.8. The highest BCUT2D eigenvalue weighted by molar-refractivity contribution is 5.99. The van der Waals surface area contributed by atoms with E-state index in [1.807, 2.05) is 18.2 Å². The fourth-order valence-corrected chi connectivity index (χ4v) is 4.88. The number of hydrogen-bond donors (Lipinski definition) is 5. The van der Waals surface area contributed by atoms with Gasteiger partial charge < -0.3 is 26.4 Å². The van der Waals surface area contributed by atoms with E-state index in [1.165, 1.54) is 11.6 Å². The summed E-state index contributed by atoms with van der Waals surface area (Å²) in [4.78, 5) is 25.1. The number of carbonyl (C=O) groups excluding carboxylic acids is 1. The van der Waals surface area contributed by atoms with Gasteiger partial charge in [0, 0.05) is 30.4 Å². The molecule has 1 aromatic carbocycles. The van der Waals surface area contributed by atoms with E-state index >= 15 is 0 Å². The maximum Gasteiger partial charge on any atom is 0.405 e. The van der Waals surface area contributed by atoms with Crippen LogP contribution in [0.3, 0.4) is 0 Å². The van der Waals surface area contributed by atoms with Gasteiger partial charge in [-0.2, -0.15) is 18.2 Å². The van der Waals surface area contributed by atoms with Crippen LogP contribution in [-0.4, -0.2) is 45.2 Å². The van der Waals surface area contributed by atoms with Crippen LogP contribution in [0, 0.1) is 5.82 Å². The summed E-state index contributed by atoms with van der Waals surface area (Å²) >= 11 is 0. The largest absolute Gasteiger partial charge is 0.405 e. The minimum atomic E-state index is -4.63. The van der Waals surface area contributed by atoms with E-state index in [0.717, 1.165) is 30.9 Å². The standard InChI is InChI=1S/C27H29F4N7O2/c1-25(2)13-32-10-15-8-16(4-5-18(15)25)36-24-34-11-17(23(39)35-14-27(29,30)31)22(38-24)37-20-9-21(33-12-19(20)28)26(40)6-3-7-26/h4-5,8-9,11-12,32,40H,3,6-7,10,13-14H2,1-2H3,(H,35,39)(H2,33,34,36,37,38). The number of aromatic nitrogens is 3. The van der Waals surface area contributed by atoms with E-state index in [9.17, 15) is 27.5 Å². The lowest BCUT2D eigenvalue weighted by molar-refractivity contribution is -0.123. The Morgan fingerprint density at radius 3 is 2.60 bits per heavy atom. The maximum absolute atomic E-state index is 14.8. The van der Waals surface area contributed by atoms with Gasteiger partial charge in [0.25, 0.3) is 5.91 Å². The van der Waals surface area contributed by atoms with E-state index in [0.29, 0.717) is 25.1 Å². The number of carbonyl (C=O) groups is 1. The summed E-state index contributed by atoms with van der Waals surface area (Å²) in [6.45, 7) is 4.24. The highest BCUT2D eigenvalue weighted by Crippen LogP contribution is 2.41. The molecule has 0 bridgehead atoms. The molecular weight excluding hydrogens is 530 g/mol. The Morgan fingerprint density at radius 1 is 1.12 bits per heavy atom. The number of nitrogens with one attached hydrogen (secondary N) is 4. The molecule has 5 N–H and O–H groups in total. The summed E-state index contributed by atoms with van der Waals surface area (Å²) in [7, 11) is 0. The molecule has 1 fully saturated rings. The number of alkyl halides is 3. The van der Waals surface area contributed by atoms with Gasteiger partial charge in [-0.05, 0) is 48.6 Å². The fraction of sp³-hybridized carbons (Fsp3) is 0.407. The first kappa shape index (κ1) is 27.7.